The first-order valence-corrected chi connectivity index (χ1v) is 9.31. The molecule has 0 saturated heterocycles. The van der Waals surface area contributed by atoms with Gasteiger partial charge in [-0.1, -0.05) is 0 Å². The van der Waals surface area contributed by atoms with Crippen LogP contribution in [0.2, 0.25) is 0 Å². The summed E-state index contributed by atoms with van der Waals surface area (Å²) in [6, 6.07) is 9.74. The largest absolute Gasteiger partial charge is 0.482 e. The van der Waals surface area contributed by atoms with Gasteiger partial charge in [-0.15, -0.1) is 0 Å². The molecule has 1 aliphatic rings. The van der Waals surface area contributed by atoms with Gasteiger partial charge in [0, 0.05) is 18.3 Å². The summed E-state index contributed by atoms with van der Waals surface area (Å²) in [5.74, 6) is -0.196. The van der Waals surface area contributed by atoms with E-state index >= 15 is 0 Å². The maximum Gasteiger partial charge on any atom is 0.291 e. The van der Waals surface area contributed by atoms with Crippen LogP contribution in [-0.4, -0.2) is 25.0 Å². The SMILES string of the molecule is CCN1C(=O)COc2ccc(NC(=O)c3cc(=O)c4cc(C)c(C)cc4o3)cc21. The van der Waals surface area contributed by atoms with Crippen LogP contribution in [0.25, 0.3) is 11.0 Å². The number of benzene rings is 2. The van der Waals surface area contributed by atoms with Crippen LogP contribution in [0.4, 0.5) is 11.4 Å². The number of anilines is 2. The molecule has 29 heavy (non-hydrogen) atoms. The smallest absolute Gasteiger partial charge is 0.291 e. The molecule has 2 aromatic carbocycles. The van der Waals surface area contributed by atoms with Gasteiger partial charge in [-0.05, 0) is 62.2 Å². The summed E-state index contributed by atoms with van der Waals surface area (Å²) in [5.41, 5.74) is 3.10. The lowest BCUT2D eigenvalue weighted by Crippen LogP contribution is -2.38. The second kappa shape index (κ2) is 7.09. The van der Waals surface area contributed by atoms with Crippen molar-refractivity contribution in [2.45, 2.75) is 20.8 Å². The van der Waals surface area contributed by atoms with Crippen LogP contribution in [-0.2, 0) is 4.79 Å². The lowest BCUT2D eigenvalue weighted by molar-refractivity contribution is -0.121. The molecule has 0 saturated carbocycles. The number of amides is 2. The van der Waals surface area contributed by atoms with E-state index in [1.807, 2.05) is 20.8 Å². The van der Waals surface area contributed by atoms with Crippen LogP contribution in [0, 0.1) is 13.8 Å². The number of fused-ring (bicyclic) bond motifs is 2. The fraction of sp³-hybridized carbons (Fsp3) is 0.227. The Hall–Kier alpha value is -3.61. The summed E-state index contributed by atoms with van der Waals surface area (Å²) in [4.78, 5) is 38.7. The Labute approximate surface area is 166 Å². The van der Waals surface area contributed by atoms with E-state index in [1.54, 1.807) is 35.2 Å². The Balaban J connectivity index is 1.67. The Morgan fingerprint density at radius 2 is 1.86 bits per heavy atom. The van der Waals surface area contributed by atoms with Gasteiger partial charge in [0.05, 0.1) is 11.1 Å². The topological polar surface area (TPSA) is 88.9 Å². The van der Waals surface area contributed by atoms with Crippen LogP contribution < -0.4 is 20.4 Å². The number of nitrogens with one attached hydrogen (secondary N) is 1. The highest BCUT2D eigenvalue weighted by Crippen LogP contribution is 2.34. The van der Waals surface area contributed by atoms with Crippen LogP contribution in [0.1, 0.15) is 28.6 Å². The highest BCUT2D eigenvalue weighted by Gasteiger charge is 2.25. The van der Waals surface area contributed by atoms with Crippen LogP contribution >= 0.6 is 0 Å². The molecule has 7 heteroatoms. The first-order valence-electron chi connectivity index (χ1n) is 9.31. The molecule has 1 N–H and O–H groups in total. The first-order chi connectivity index (χ1) is 13.9. The Bertz CT molecular complexity index is 1210. The molecule has 0 unspecified atom stereocenters. The molecule has 0 aliphatic carbocycles. The average molecular weight is 392 g/mol. The van der Waals surface area contributed by atoms with Gasteiger partial charge in [0.25, 0.3) is 11.8 Å². The molecule has 148 valence electrons. The van der Waals surface area contributed by atoms with Gasteiger partial charge < -0.3 is 19.4 Å². The second-order valence-electron chi connectivity index (χ2n) is 6.97. The summed E-state index contributed by atoms with van der Waals surface area (Å²) in [7, 11) is 0. The minimum absolute atomic E-state index is 0.00627. The zero-order valence-electron chi connectivity index (χ0n) is 16.4. The average Bonchev–Trinajstić information content (AvgIpc) is 2.69. The molecular formula is C22H20N2O5. The number of rotatable bonds is 3. The zero-order valence-corrected chi connectivity index (χ0v) is 16.4. The van der Waals surface area contributed by atoms with Crippen LogP contribution in [0.15, 0.2) is 45.6 Å². The van der Waals surface area contributed by atoms with E-state index in [1.165, 1.54) is 6.07 Å². The molecule has 1 aromatic heterocycles. The van der Waals surface area contributed by atoms with Crippen molar-refractivity contribution < 1.29 is 18.7 Å². The van der Waals surface area contributed by atoms with E-state index in [9.17, 15) is 14.4 Å². The van der Waals surface area contributed by atoms with Crippen molar-refractivity contribution in [1.29, 1.82) is 0 Å². The summed E-state index contributed by atoms with van der Waals surface area (Å²) >= 11 is 0. The van der Waals surface area contributed by atoms with Crippen molar-refractivity contribution in [1.82, 2.24) is 0 Å². The van der Waals surface area contributed by atoms with Crippen LogP contribution in [0.3, 0.4) is 0 Å². The fourth-order valence-corrected chi connectivity index (χ4v) is 3.34. The van der Waals surface area contributed by atoms with Crippen molar-refractivity contribution in [2.75, 3.05) is 23.4 Å². The number of ether oxygens (including phenoxy) is 1. The number of carbonyl (C=O) groups excluding carboxylic acids is 2. The summed E-state index contributed by atoms with van der Waals surface area (Å²) in [5, 5.41) is 3.16. The molecule has 7 nitrogen and oxygen atoms in total. The van der Waals surface area contributed by atoms with Gasteiger partial charge in [0.15, 0.2) is 17.8 Å². The molecule has 2 amide bonds. The molecule has 0 atom stereocenters. The Morgan fingerprint density at radius 1 is 1.10 bits per heavy atom. The number of nitrogens with zero attached hydrogens (tertiary/aromatic N) is 1. The third kappa shape index (κ3) is 3.35. The van der Waals surface area contributed by atoms with E-state index < -0.39 is 5.91 Å². The zero-order chi connectivity index (χ0) is 20.7. The molecule has 3 aromatic rings. The standard InChI is InChI=1S/C22H20N2O5/c1-4-24-16-9-14(5-6-18(16)28-11-21(24)26)23-22(27)20-10-17(25)15-7-12(2)13(3)8-19(15)29-20/h5-10H,4,11H2,1-3H3,(H,23,27). The molecule has 0 radical (unpaired) electrons. The van der Waals surface area contributed by atoms with Gasteiger partial charge in [-0.2, -0.15) is 0 Å². The first kappa shape index (κ1) is 18.7. The highest BCUT2D eigenvalue weighted by atomic mass is 16.5. The van der Waals surface area contributed by atoms with Crippen LogP contribution in [0.5, 0.6) is 5.75 Å². The maximum absolute atomic E-state index is 12.7. The van der Waals surface area contributed by atoms with Gasteiger partial charge >= 0.3 is 0 Å². The quantitative estimate of drug-likeness (QED) is 0.738. The van der Waals surface area contributed by atoms with Crippen molar-refractivity contribution in [3.63, 3.8) is 0 Å². The van der Waals surface area contributed by atoms with E-state index in [2.05, 4.69) is 5.32 Å². The normalized spacial score (nSPS) is 13.2. The molecule has 2 heterocycles. The number of carbonyl (C=O) groups is 2. The maximum atomic E-state index is 12.7. The van der Waals surface area contributed by atoms with Gasteiger partial charge in [0.2, 0.25) is 0 Å². The molecule has 4 rings (SSSR count). The minimum Gasteiger partial charge on any atom is -0.482 e. The molecule has 0 fully saturated rings. The molecule has 0 bridgehead atoms. The van der Waals surface area contributed by atoms with E-state index in [0.29, 0.717) is 34.6 Å². The fourth-order valence-electron chi connectivity index (χ4n) is 3.34. The van der Waals surface area contributed by atoms with Crippen molar-refractivity contribution in [3.8, 4) is 5.75 Å². The highest BCUT2D eigenvalue weighted by molar-refractivity contribution is 6.04. The molecule has 0 spiro atoms. The number of hydrogen-bond acceptors (Lipinski definition) is 5. The second-order valence-corrected chi connectivity index (χ2v) is 6.97. The molecular weight excluding hydrogens is 372 g/mol. The molecule has 1 aliphatic heterocycles. The van der Waals surface area contributed by atoms with E-state index in [-0.39, 0.29) is 23.7 Å². The summed E-state index contributed by atoms with van der Waals surface area (Å²) in [6.07, 6.45) is 0. The minimum atomic E-state index is -0.548. The van der Waals surface area contributed by atoms with Gasteiger partial charge in [0.1, 0.15) is 11.3 Å². The number of aryl methyl sites for hydroxylation is 2. The predicted octanol–water partition coefficient (Wildman–Crippen LogP) is 3.41. The number of likely N-dealkylation sites (N-methyl/N-ethyl adjacent to an activating group) is 1. The van der Waals surface area contributed by atoms with Crippen molar-refractivity contribution in [2.24, 2.45) is 0 Å². The van der Waals surface area contributed by atoms with Crippen molar-refractivity contribution in [3.05, 3.63) is 63.5 Å². The Kier molecular flexibility index (Phi) is 4.58. The van der Waals surface area contributed by atoms with Gasteiger partial charge in [-0.3, -0.25) is 14.4 Å². The lowest BCUT2D eigenvalue weighted by atomic mass is 10.1. The third-order valence-corrected chi connectivity index (χ3v) is 5.04. The summed E-state index contributed by atoms with van der Waals surface area (Å²) < 4.78 is 11.1. The Morgan fingerprint density at radius 3 is 2.62 bits per heavy atom. The monoisotopic (exact) mass is 392 g/mol. The lowest BCUT2D eigenvalue weighted by Gasteiger charge is -2.28. The van der Waals surface area contributed by atoms with E-state index in [4.69, 9.17) is 9.15 Å². The third-order valence-electron chi connectivity index (χ3n) is 5.04. The van der Waals surface area contributed by atoms with E-state index in [0.717, 1.165) is 11.1 Å². The van der Waals surface area contributed by atoms with Crippen molar-refractivity contribution >= 4 is 34.2 Å². The number of hydrogen-bond donors (Lipinski definition) is 1. The predicted molar refractivity (Wildman–Crippen MR) is 110 cm³/mol. The summed E-state index contributed by atoms with van der Waals surface area (Å²) in [6.45, 7) is 6.18. The van der Waals surface area contributed by atoms with Gasteiger partial charge in [-0.25, -0.2) is 0 Å².